The van der Waals surface area contributed by atoms with Gasteiger partial charge in [-0.25, -0.2) is 0 Å². The second-order valence-corrected chi connectivity index (χ2v) is 8.00. The second-order valence-electron chi connectivity index (χ2n) is 8.00. The number of hydrogen-bond acceptors (Lipinski definition) is 2. The smallest absolute Gasteiger partial charge is 0.0197 e. The standard InChI is InChI=1S/C18H34N2/c1-14(2)11-12-20(17-9-10-17)13-16-8-7-15-5-3-4-6-18(15)19-16/h14-19H,3-13H2,1-2H3. The van der Waals surface area contributed by atoms with Crippen molar-refractivity contribution in [2.24, 2.45) is 11.8 Å². The highest BCUT2D eigenvalue weighted by Crippen LogP contribution is 2.33. The van der Waals surface area contributed by atoms with Crippen molar-refractivity contribution in [1.29, 1.82) is 0 Å². The molecule has 1 N–H and O–H groups in total. The zero-order chi connectivity index (χ0) is 13.9. The largest absolute Gasteiger partial charge is 0.310 e. The van der Waals surface area contributed by atoms with Crippen LogP contribution in [0.25, 0.3) is 0 Å². The molecule has 0 spiro atoms. The van der Waals surface area contributed by atoms with E-state index in [-0.39, 0.29) is 0 Å². The summed E-state index contributed by atoms with van der Waals surface area (Å²) in [4.78, 5) is 2.81. The van der Waals surface area contributed by atoms with Crippen molar-refractivity contribution in [2.75, 3.05) is 13.1 Å². The monoisotopic (exact) mass is 278 g/mol. The van der Waals surface area contributed by atoms with Crippen LogP contribution in [0, 0.1) is 11.8 Å². The molecule has 116 valence electrons. The van der Waals surface area contributed by atoms with Crippen molar-refractivity contribution < 1.29 is 0 Å². The lowest BCUT2D eigenvalue weighted by Crippen LogP contribution is -2.53. The van der Waals surface area contributed by atoms with Crippen molar-refractivity contribution in [3.63, 3.8) is 0 Å². The van der Waals surface area contributed by atoms with E-state index in [0.29, 0.717) is 0 Å². The predicted molar refractivity (Wildman–Crippen MR) is 86.0 cm³/mol. The molecule has 0 radical (unpaired) electrons. The molecule has 0 aromatic rings. The third-order valence-electron chi connectivity index (χ3n) is 5.76. The average Bonchev–Trinajstić information content (AvgIpc) is 3.27. The van der Waals surface area contributed by atoms with E-state index in [2.05, 4.69) is 24.1 Å². The fourth-order valence-electron chi connectivity index (χ4n) is 4.29. The van der Waals surface area contributed by atoms with Gasteiger partial charge in [-0.3, -0.25) is 4.90 Å². The molecule has 3 aliphatic rings. The van der Waals surface area contributed by atoms with Gasteiger partial charge in [-0.1, -0.05) is 26.7 Å². The van der Waals surface area contributed by atoms with Crippen molar-refractivity contribution in [2.45, 2.75) is 89.8 Å². The zero-order valence-corrected chi connectivity index (χ0v) is 13.6. The Kier molecular flexibility index (Phi) is 5.04. The maximum absolute atomic E-state index is 4.01. The third kappa shape index (κ3) is 3.98. The van der Waals surface area contributed by atoms with Crippen LogP contribution in [0.15, 0.2) is 0 Å². The Morgan fingerprint density at radius 3 is 2.55 bits per heavy atom. The molecule has 3 atom stereocenters. The Labute approximate surface area is 125 Å². The lowest BCUT2D eigenvalue weighted by Gasteiger charge is -2.42. The number of hydrogen-bond donors (Lipinski definition) is 1. The zero-order valence-electron chi connectivity index (χ0n) is 13.6. The Hall–Kier alpha value is -0.0800. The summed E-state index contributed by atoms with van der Waals surface area (Å²) in [5, 5.41) is 4.01. The van der Waals surface area contributed by atoms with E-state index in [9.17, 15) is 0 Å². The molecule has 2 aliphatic carbocycles. The van der Waals surface area contributed by atoms with Crippen LogP contribution in [0.2, 0.25) is 0 Å². The number of rotatable bonds is 6. The summed E-state index contributed by atoms with van der Waals surface area (Å²) in [6.45, 7) is 7.36. The first-order valence-corrected chi connectivity index (χ1v) is 9.22. The van der Waals surface area contributed by atoms with E-state index >= 15 is 0 Å². The summed E-state index contributed by atoms with van der Waals surface area (Å²) in [6, 6.07) is 2.57. The molecular formula is C18H34N2. The van der Waals surface area contributed by atoms with Crippen molar-refractivity contribution in [3.05, 3.63) is 0 Å². The van der Waals surface area contributed by atoms with Gasteiger partial charge in [0, 0.05) is 24.7 Å². The van der Waals surface area contributed by atoms with Gasteiger partial charge >= 0.3 is 0 Å². The van der Waals surface area contributed by atoms with Crippen molar-refractivity contribution >= 4 is 0 Å². The van der Waals surface area contributed by atoms with E-state index in [0.717, 1.165) is 30.0 Å². The van der Waals surface area contributed by atoms with Crippen LogP contribution < -0.4 is 5.32 Å². The quantitative estimate of drug-likeness (QED) is 0.795. The molecule has 20 heavy (non-hydrogen) atoms. The van der Waals surface area contributed by atoms with Gasteiger partial charge in [0.1, 0.15) is 0 Å². The summed E-state index contributed by atoms with van der Waals surface area (Å²) in [5.74, 6) is 1.85. The molecule has 3 rings (SSSR count). The van der Waals surface area contributed by atoms with Crippen molar-refractivity contribution in [3.8, 4) is 0 Å². The van der Waals surface area contributed by atoms with Crippen LogP contribution in [0.4, 0.5) is 0 Å². The highest BCUT2D eigenvalue weighted by molar-refractivity contribution is 4.93. The first-order chi connectivity index (χ1) is 9.72. The highest BCUT2D eigenvalue weighted by atomic mass is 15.2. The first kappa shape index (κ1) is 14.8. The van der Waals surface area contributed by atoms with E-state index in [1.54, 1.807) is 0 Å². The number of nitrogens with zero attached hydrogens (tertiary/aromatic N) is 1. The first-order valence-electron chi connectivity index (χ1n) is 9.22. The fourth-order valence-corrected chi connectivity index (χ4v) is 4.29. The van der Waals surface area contributed by atoms with E-state index in [4.69, 9.17) is 0 Å². The Bertz CT molecular complexity index is 298. The SMILES string of the molecule is CC(C)CCN(CC1CCC2CCCCC2N1)C1CC1. The lowest BCUT2D eigenvalue weighted by atomic mass is 9.77. The normalized spacial score (nSPS) is 34.5. The van der Waals surface area contributed by atoms with E-state index < -0.39 is 0 Å². The van der Waals surface area contributed by atoms with E-state index in [1.807, 2.05) is 0 Å². The van der Waals surface area contributed by atoms with Gasteiger partial charge < -0.3 is 5.32 Å². The van der Waals surface area contributed by atoms with Gasteiger partial charge in [-0.2, -0.15) is 0 Å². The minimum atomic E-state index is 0.780. The summed E-state index contributed by atoms with van der Waals surface area (Å²) < 4.78 is 0. The van der Waals surface area contributed by atoms with Crippen LogP contribution in [0.1, 0.15) is 71.6 Å². The number of fused-ring (bicyclic) bond motifs is 1. The van der Waals surface area contributed by atoms with Gasteiger partial charge in [0.25, 0.3) is 0 Å². The van der Waals surface area contributed by atoms with Crippen LogP contribution in [-0.4, -0.2) is 36.1 Å². The van der Waals surface area contributed by atoms with Crippen LogP contribution in [0.5, 0.6) is 0 Å². The Morgan fingerprint density at radius 1 is 1.00 bits per heavy atom. The van der Waals surface area contributed by atoms with Crippen LogP contribution in [0.3, 0.4) is 0 Å². The molecule has 0 aromatic carbocycles. The molecule has 2 saturated carbocycles. The van der Waals surface area contributed by atoms with Crippen LogP contribution in [-0.2, 0) is 0 Å². The maximum atomic E-state index is 4.01. The van der Waals surface area contributed by atoms with Crippen molar-refractivity contribution in [1.82, 2.24) is 10.2 Å². The second kappa shape index (κ2) is 6.79. The predicted octanol–water partition coefficient (Wildman–Crippen LogP) is 3.81. The minimum Gasteiger partial charge on any atom is -0.310 e. The molecule has 0 aromatic heterocycles. The molecule has 1 saturated heterocycles. The molecule has 1 aliphatic heterocycles. The molecule has 2 nitrogen and oxygen atoms in total. The molecule has 0 amide bonds. The van der Waals surface area contributed by atoms with Gasteiger partial charge in [0.05, 0.1) is 0 Å². The number of nitrogens with one attached hydrogen (secondary N) is 1. The average molecular weight is 278 g/mol. The van der Waals surface area contributed by atoms with Gasteiger partial charge in [-0.05, 0) is 63.3 Å². The van der Waals surface area contributed by atoms with E-state index in [1.165, 1.54) is 70.9 Å². The minimum absolute atomic E-state index is 0.780. The summed E-state index contributed by atoms with van der Waals surface area (Å²) in [5.41, 5.74) is 0. The van der Waals surface area contributed by atoms with Gasteiger partial charge in [0.2, 0.25) is 0 Å². The molecule has 0 bridgehead atoms. The molecule has 3 unspecified atom stereocenters. The van der Waals surface area contributed by atoms with Crippen LogP contribution >= 0.6 is 0 Å². The summed E-state index contributed by atoms with van der Waals surface area (Å²) >= 11 is 0. The van der Waals surface area contributed by atoms with Gasteiger partial charge in [-0.15, -0.1) is 0 Å². The molecule has 1 heterocycles. The highest BCUT2D eigenvalue weighted by Gasteiger charge is 2.35. The van der Waals surface area contributed by atoms with Gasteiger partial charge in [0.15, 0.2) is 0 Å². The summed E-state index contributed by atoms with van der Waals surface area (Å²) in [7, 11) is 0. The molecule has 3 fully saturated rings. The third-order valence-corrected chi connectivity index (χ3v) is 5.76. The maximum Gasteiger partial charge on any atom is 0.0197 e. The Morgan fingerprint density at radius 2 is 1.80 bits per heavy atom. The molecular weight excluding hydrogens is 244 g/mol. The lowest BCUT2D eigenvalue weighted by molar-refractivity contribution is 0.138. The summed E-state index contributed by atoms with van der Waals surface area (Å²) in [6.07, 6.45) is 13.1. The topological polar surface area (TPSA) is 15.3 Å². The number of piperidine rings is 1. The molecule has 2 heteroatoms. The fraction of sp³-hybridized carbons (Fsp3) is 1.00. The Balaban J connectivity index is 1.48.